The summed E-state index contributed by atoms with van der Waals surface area (Å²) in [4.78, 5) is 48.7. The lowest BCUT2D eigenvalue weighted by atomic mass is 9.91. The molecule has 2 heterocycles. The van der Waals surface area contributed by atoms with Gasteiger partial charge in [-0.1, -0.05) is 72.0 Å². The number of Topliss-reactive ketones (excluding diaryl/α,β-unsaturated/α-hetero) is 1. The van der Waals surface area contributed by atoms with Crippen molar-refractivity contribution in [3.63, 3.8) is 0 Å². The third-order valence-electron chi connectivity index (χ3n) is 6.83. The molecule has 0 fully saturated rings. The van der Waals surface area contributed by atoms with Crippen LogP contribution in [0.5, 0.6) is 0 Å². The third kappa shape index (κ3) is 11.0. The highest BCUT2D eigenvalue weighted by atomic mass is 32.2. The van der Waals surface area contributed by atoms with Crippen LogP contribution in [0.25, 0.3) is 0 Å². The summed E-state index contributed by atoms with van der Waals surface area (Å²) in [6.45, 7) is 2.58. The highest BCUT2D eigenvalue weighted by Crippen LogP contribution is 2.24. The summed E-state index contributed by atoms with van der Waals surface area (Å²) in [7, 11) is 0. The standard InChI is InChI=1S/C32H35N5O6S2/c1-21(38)42-19-27(23-9-5-3-6-10-23)29(40)18-26-17-25(34-35-26)13-15-44-16-14-30-36-37-32(45-30)33-31(41)28(20-43-22(2)39)24-11-7-4-8-12-24/h3-12,27-28H,13-20H2,1-2H3,(H,33,37,41). The average Bonchev–Trinajstić information content (AvgIpc) is 3.67. The van der Waals surface area contributed by atoms with Gasteiger partial charge in [-0.2, -0.15) is 22.0 Å². The van der Waals surface area contributed by atoms with Crippen LogP contribution in [0.2, 0.25) is 0 Å². The third-order valence-corrected chi connectivity index (χ3v) is 8.71. The number of hydrogen-bond acceptors (Lipinski definition) is 12. The number of carbonyl (C=O) groups is 4. The number of nitrogens with one attached hydrogen (secondary N) is 1. The zero-order valence-electron chi connectivity index (χ0n) is 25.1. The molecule has 45 heavy (non-hydrogen) atoms. The molecule has 0 spiro atoms. The fraction of sp³-hybridized carbons (Fsp3) is 0.375. The Morgan fingerprint density at radius 1 is 0.800 bits per heavy atom. The van der Waals surface area contributed by atoms with Crippen molar-refractivity contribution in [1.29, 1.82) is 0 Å². The fourth-order valence-electron chi connectivity index (χ4n) is 4.53. The lowest BCUT2D eigenvalue weighted by Gasteiger charge is -2.16. The molecule has 2 unspecified atom stereocenters. The molecule has 0 aliphatic carbocycles. The maximum atomic E-state index is 13.1. The van der Waals surface area contributed by atoms with Crippen molar-refractivity contribution < 1.29 is 28.7 Å². The Kier molecular flexibility index (Phi) is 12.9. The van der Waals surface area contributed by atoms with E-state index in [-0.39, 0.29) is 31.3 Å². The Labute approximate surface area is 269 Å². The fourth-order valence-corrected chi connectivity index (χ4v) is 6.32. The molecule has 11 nitrogen and oxygen atoms in total. The molecule has 1 aliphatic heterocycles. The molecular formula is C32H35N5O6S2. The normalized spacial score (nSPS) is 13.7. The van der Waals surface area contributed by atoms with E-state index in [2.05, 4.69) is 25.7 Å². The molecule has 1 aromatic heterocycles. The van der Waals surface area contributed by atoms with Crippen molar-refractivity contribution in [2.45, 2.75) is 51.4 Å². The van der Waals surface area contributed by atoms with Gasteiger partial charge in [-0.25, -0.2) is 0 Å². The maximum absolute atomic E-state index is 13.1. The van der Waals surface area contributed by atoms with Crippen LogP contribution in [-0.4, -0.2) is 70.0 Å². The van der Waals surface area contributed by atoms with Crippen LogP contribution in [0.15, 0.2) is 70.9 Å². The number of aromatic nitrogens is 2. The summed E-state index contributed by atoms with van der Waals surface area (Å²) < 4.78 is 10.3. The van der Waals surface area contributed by atoms with Gasteiger partial charge in [-0.15, -0.1) is 10.2 Å². The van der Waals surface area contributed by atoms with E-state index in [4.69, 9.17) is 9.47 Å². The number of esters is 2. The SMILES string of the molecule is CC(=O)OCC(C(=O)CC1=NN=C(CCSCCc2nnc(NC(=O)C(COC(C)=O)c3ccccc3)s2)C1)c1ccccc1. The zero-order chi connectivity index (χ0) is 32.0. The highest BCUT2D eigenvalue weighted by molar-refractivity contribution is 7.99. The van der Waals surface area contributed by atoms with Crippen LogP contribution in [-0.2, 0) is 35.1 Å². The van der Waals surface area contributed by atoms with Gasteiger partial charge in [0.05, 0.1) is 17.5 Å². The lowest BCUT2D eigenvalue weighted by molar-refractivity contribution is -0.143. The first-order valence-electron chi connectivity index (χ1n) is 14.5. The predicted octanol–water partition coefficient (Wildman–Crippen LogP) is 5.00. The number of rotatable bonds is 17. The van der Waals surface area contributed by atoms with E-state index in [0.29, 0.717) is 18.0 Å². The molecular weight excluding hydrogens is 615 g/mol. The van der Waals surface area contributed by atoms with Gasteiger partial charge in [0, 0.05) is 38.8 Å². The Morgan fingerprint density at radius 2 is 1.38 bits per heavy atom. The van der Waals surface area contributed by atoms with E-state index >= 15 is 0 Å². The van der Waals surface area contributed by atoms with Gasteiger partial charge in [0.1, 0.15) is 24.0 Å². The molecule has 0 saturated heterocycles. The summed E-state index contributed by atoms with van der Waals surface area (Å²) in [6, 6.07) is 18.4. The van der Waals surface area contributed by atoms with Crippen LogP contribution in [0, 0.1) is 0 Å². The number of ether oxygens (including phenoxy) is 2. The van der Waals surface area contributed by atoms with E-state index in [1.165, 1.54) is 25.2 Å². The van der Waals surface area contributed by atoms with Crippen molar-refractivity contribution in [2.75, 3.05) is 30.0 Å². The minimum atomic E-state index is -0.662. The average molecular weight is 650 g/mol. The quantitative estimate of drug-likeness (QED) is 0.158. The summed E-state index contributed by atoms with van der Waals surface area (Å²) in [6.07, 6.45) is 2.16. The number of aryl methyl sites for hydroxylation is 1. The van der Waals surface area contributed by atoms with Gasteiger partial charge in [0.15, 0.2) is 0 Å². The van der Waals surface area contributed by atoms with E-state index in [1.54, 1.807) is 11.8 Å². The van der Waals surface area contributed by atoms with Crippen molar-refractivity contribution in [2.24, 2.45) is 10.2 Å². The Bertz CT molecular complexity index is 1530. The van der Waals surface area contributed by atoms with E-state index in [0.717, 1.165) is 45.5 Å². The number of nitrogens with zero attached hydrogens (tertiary/aromatic N) is 4. The van der Waals surface area contributed by atoms with Crippen LogP contribution >= 0.6 is 23.1 Å². The zero-order valence-corrected chi connectivity index (χ0v) is 26.8. The smallest absolute Gasteiger partial charge is 0.302 e. The number of ketones is 1. The number of benzene rings is 2. The number of thioether (sulfide) groups is 1. The van der Waals surface area contributed by atoms with Gasteiger partial charge in [-0.3, -0.25) is 24.5 Å². The summed E-state index contributed by atoms with van der Waals surface area (Å²) in [5.74, 6) is -0.800. The predicted molar refractivity (Wildman–Crippen MR) is 175 cm³/mol. The van der Waals surface area contributed by atoms with Crippen LogP contribution < -0.4 is 5.32 Å². The first-order valence-corrected chi connectivity index (χ1v) is 16.5. The minimum Gasteiger partial charge on any atom is -0.465 e. The van der Waals surface area contributed by atoms with Crippen LogP contribution in [0.1, 0.15) is 61.1 Å². The van der Waals surface area contributed by atoms with Gasteiger partial charge >= 0.3 is 11.9 Å². The van der Waals surface area contributed by atoms with Gasteiger partial charge in [0.2, 0.25) is 11.0 Å². The van der Waals surface area contributed by atoms with Crippen molar-refractivity contribution in [1.82, 2.24) is 10.2 Å². The summed E-state index contributed by atoms with van der Waals surface area (Å²) in [5, 5.41) is 20.8. The Morgan fingerprint density at radius 3 is 2.02 bits per heavy atom. The van der Waals surface area contributed by atoms with Crippen LogP contribution in [0.4, 0.5) is 5.13 Å². The summed E-state index contributed by atoms with van der Waals surface area (Å²) in [5.41, 5.74) is 3.20. The van der Waals surface area contributed by atoms with E-state index < -0.39 is 23.8 Å². The van der Waals surface area contributed by atoms with Gasteiger partial charge in [0.25, 0.3) is 0 Å². The second kappa shape index (κ2) is 17.3. The lowest BCUT2D eigenvalue weighted by Crippen LogP contribution is -2.25. The molecule has 2 atom stereocenters. The molecule has 4 rings (SSSR count). The number of hydrogen-bond donors (Lipinski definition) is 1. The van der Waals surface area contributed by atoms with Gasteiger partial charge in [-0.05, 0) is 29.1 Å². The largest absolute Gasteiger partial charge is 0.465 e. The van der Waals surface area contributed by atoms with Crippen molar-refractivity contribution in [3.8, 4) is 0 Å². The van der Waals surface area contributed by atoms with E-state index in [9.17, 15) is 19.2 Å². The molecule has 2 aromatic carbocycles. The molecule has 1 aliphatic rings. The molecule has 1 amide bonds. The Balaban J connectivity index is 1.16. The molecule has 0 bridgehead atoms. The number of anilines is 1. The van der Waals surface area contributed by atoms with E-state index in [1.807, 2.05) is 60.7 Å². The minimum absolute atomic E-state index is 0.00256. The Hall–Kier alpha value is -4.23. The molecule has 0 saturated carbocycles. The molecule has 3 aromatic rings. The maximum Gasteiger partial charge on any atom is 0.302 e. The highest BCUT2D eigenvalue weighted by Gasteiger charge is 2.26. The van der Waals surface area contributed by atoms with Gasteiger partial charge < -0.3 is 9.47 Å². The molecule has 0 radical (unpaired) electrons. The number of carbonyl (C=O) groups excluding carboxylic acids is 4. The first kappa shape index (κ1) is 33.7. The van der Waals surface area contributed by atoms with Crippen LogP contribution in [0.3, 0.4) is 0 Å². The second-order valence-electron chi connectivity index (χ2n) is 10.3. The topological polar surface area (TPSA) is 149 Å². The summed E-state index contributed by atoms with van der Waals surface area (Å²) >= 11 is 3.07. The first-order chi connectivity index (χ1) is 21.8. The monoisotopic (exact) mass is 649 g/mol. The van der Waals surface area contributed by atoms with Crippen molar-refractivity contribution >= 4 is 63.3 Å². The molecule has 13 heteroatoms. The number of amides is 1. The molecule has 1 N–H and O–H groups in total. The molecule has 236 valence electrons. The van der Waals surface area contributed by atoms with Crippen molar-refractivity contribution in [3.05, 3.63) is 76.8 Å². The second-order valence-corrected chi connectivity index (χ2v) is 12.6.